The number of hydrogen-bond acceptors (Lipinski definition) is 2. The molecule has 3 nitrogen and oxygen atoms in total. The van der Waals surface area contributed by atoms with Gasteiger partial charge in [-0.25, -0.2) is 4.79 Å². The topological polar surface area (TPSA) is 49.3 Å². The third kappa shape index (κ3) is 4.28. The molecule has 0 spiro atoms. The Bertz CT molecular complexity index is 397. The zero-order chi connectivity index (χ0) is 12.0. The van der Waals surface area contributed by atoms with Crippen LogP contribution in [0.25, 0.3) is 0 Å². The van der Waals surface area contributed by atoms with E-state index in [1.807, 2.05) is 12.1 Å². The van der Waals surface area contributed by atoms with Crippen LogP contribution in [0.5, 0.6) is 0 Å². The Hall–Kier alpha value is -1.61. The van der Waals surface area contributed by atoms with E-state index in [1.54, 1.807) is 6.92 Å². The van der Waals surface area contributed by atoms with Crippen LogP contribution in [0.1, 0.15) is 18.1 Å². The number of aliphatic carboxylic acids is 1. The summed E-state index contributed by atoms with van der Waals surface area (Å²) in [4.78, 5) is 10.4. The van der Waals surface area contributed by atoms with Gasteiger partial charge in [-0.3, -0.25) is 0 Å². The van der Waals surface area contributed by atoms with Crippen LogP contribution >= 0.6 is 0 Å². The van der Waals surface area contributed by atoms with E-state index in [2.05, 4.69) is 24.4 Å². The van der Waals surface area contributed by atoms with E-state index in [4.69, 9.17) is 5.11 Å². The molecule has 0 unspecified atom stereocenters. The molecule has 0 atom stereocenters. The summed E-state index contributed by atoms with van der Waals surface area (Å²) >= 11 is 0. The minimum Gasteiger partial charge on any atom is -0.478 e. The Labute approximate surface area is 95.8 Å². The lowest BCUT2D eigenvalue weighted by molar-refractivity contribution is -0.131. The van der Waals surface area contributed by atoms with Crippen LogP contribution in [0.4, 0.5) is 0 Å². The SMILES string of the molecule is C/C(=C/C(=O)O)CNCc1ccccc1C. The van der Waals surface area contributed by atoms with Crippen LogP contribution in [0.15, 0.2) is 35.9 Å². The van der Waals surface area contributed by atoms with Crippen LogP contribution in [-0.4, -0.2) is 17.6 Å². The largest absolute Gasteiger partial charge is 0.478 e. The smallest absolute Gasteiger partial charge is 0.328 e. The fourth-order valence-electron chi connectivity index (χ4n) is 1.46. The predicted octanol–water partition coefficient (Wildman–Crippen LogP) is 2.12. The van der Waals surface area contributed by atoms with E-state index in [0.717, 1.165) is 12.1 Å². The van der Waals surface area contributed by atoms with Gasteiger partial charge in [0.25, 0.3) is 0 Å². The number of carboxylic acids is 1. The van der Waals surface area contributed by atoms with Crippen molar-refractivity contribution < 1.29 is 9.90 Å². The number of rotatable bonds is 5. The highest BCUT2D eigenvalue weighted by molar-refractivity contribution is 5.80. The highest BCUT2D eigenvalue weighted by Gasteiger charge is 1.97. The van der Waals surface area contributed by atoms with Gasteiger partial charge in [0.1, 0.15) is 0 Å². The fraction of sp³-hybridized carbons (Fsp3) is 0.308. The summed E-state index contributed by atoms with van der Waals surface area (Å²) in [5.74, 6) is -0.893. The number of nitrogens with one attached hydrogen (secondary N) is 1. The maximum absolute atomic E-state index is 10.4. The van der Waals surface area contributed by atoms with Crippen molar-refractivity contribution in [2.45, 2.75) is 20.4 Å². The van der Waals surface area contributed by atoms with Crippen molar-refractivity contribution in [3.05, 3.63) is 47.0 Å². The molecule has 0 saturated heterocycles. The zero-order valence-corrected chi connectivity index (χ0v) is 9.66. The maximum atomic E-state index is 10.4. The molecule has 0 aliphatic rings. The molecule has 0 fully saturated rings. The highest BCUT2D eigenvalue weighted by Crippen LogP contribution is 2.06. The van der Waals surface area contributed by atoms with Gasteiger partial charge in [-0.15, -0.1) is 0 Å². The minimum atomic E-state index is -0.893. The molecule has 16 heavy (non-hydrogen) atoms. The summed E-state index contributed by atoms with van der Waals surface area (Å²) in [6.07, 6.45) is 1.23. The number of aryl methyl sites for hydroxylation is 1. The lowest BCUT2D eigenvalue weighted by atomic mass is 10.1. The monoisotopic (exact) mass is 219 g/mol. The lowest BCUT2D eigenvalue weighted by Gasteiger charge is -2.07. The molecule has 0 heterocycles. The van der Waals surface area contributed by atoms with Gasteiger partial charge in [0.2, 0.25) is 0 Å². The number of carboxylic acid groups (broad SMARTS) is 1. The second-order valence-electron chi connectivity index (χ2n) is 3.86. The summed E-state index contributed by atoms with van der Waals surface area (Å²) in [5.41, 5.74) is 3.31. The van der Waals surface area contributed by atoms with Gasteiger partial charge >= 0.3 is 5.97 Å². The van der Waals surface area contributed by atoms with Crippen LogP contribution in [0.3, 0.4) is 0 Å². The average molecular weight is 219 g/mol. The molecule has 1 rings (SSSR count). The summed E-state index contributed by atoms with van der Waals surface area (Å²) in [7, 11) is 0. The zero-order valence-electron chi connectivity index (χ0n) is 9.66. The van der Waals surface area contributed by atoms with E-state index < -0.39 is 5.97 Å². The lowest BCUT2D eigenvalue weighted by Crippen LogP contribution is -2.16. The van der Waals surface area contributed by atoms with E-state index in [0.29, 0.717) is 6.54 Å². The molecular formula is C13H17NO2. The van der Waals surface area contributed by atoms with E-state index in [-0.39, 0.29) is 0 Å². The molecule has 0 amide bonds. The molecule has 2 N–H and O–H groups in total. The average Bonchev–Trinajstić information content (AvgIpc) is 2.19. The van der Waals surface area contributed by atoms with Crippen molar-refractivity contribution in [3.63, 3.8) is 0 Å². The summed E-state index contributed by atoms with van der Waals surface area (Å²) in [5, 5.41) is 11.8. The Balaban J connectivity index is 2.42. The van der Waals surface area contributed by atoms with Gasteiger partial charge < -0.3 is 10.4 Å². The molecule has 1 aromatic carbocycles. The van der Waals surface area contributed by atoms with Crippen molar-refractivity contribution >= 4 is 5.97 Å². The summed E-state index contributed by atoms with van der Waals surface area (Å²) in [6.45, 7) is 5.23. The first-order valence-corrected chi connectivity index (χ1v) is 5.25. The van der Waals surface area contributed by atoms with Crippen molar-refractivity contribution in [1.82, 2.24) is 5.32 Å². The Morgan fingerprint density at radius 3 is 2.75 bits per heavy atom. The molecular weight excluding hydrogens is 202 g/mol. The molecule has 0 radical (unpaired) electrons. The maximum Gasteiger partial charge on any atom is 0.328 e. The van der Waals surface area contributed by atoms with E-state index in [1.165, 1.54) is 17.2 Å². The molecule has 86 valence electrons. The van der Waals surface area contributed by atoms with Crippen LogP contribution in [0.2, 0.25) is 0 Å². The first-order valence-electron chi connectivity index (χ1n) is 5.25. The Morgan fingerprint density at radius 1 is 1.44 bits per heavy atom. The van der Waals surface area contributed by atoms with Crippen molar-refractivity contribution in [3.8, 4) is 0 Å². The minimum absolute atomic E-state index is 0.598. The van der Waals surface area contributed by atoms with Crippen molar-refractivity contribution in [1.29, 1.82) is 0 Å². The predicted molar refractivity (Wildman–Crippen MR) is 64.3 cm³/mol. The second kappa shape index (κ2) is 6.08. The van der Waals surface area contributed by atoms with Gasteiger partial charge in [0.05, 0.1) is 0 Å². The number of hydrogen-bond donors (Lipinski definition) is 2. The molecule has 0 saturated carbocycles. The third-order valence-corrected chi connectivity index (χ3v) is 2.35. The first-order chi connectivity index (χ1) is 7.59. The standard InChI is InChI=1S/C13H17NO2/c1-10(7-13(15)16)8-14-9-12-6-4-3-5-11(12)2/h3-7,14H,8-9H2,1-2H3,(H,15,16)/b10-7-. The first kappa shape index (κ1) is 12.5. The number of carbonyl (C=O) groups is 1. The molecule has 1 aromatic rings. The summed E-state index contributed by atoms with van der Waals surface area (Å²) < 4.78 is 0. The van der Waals surface area contributed by atoms with Crippen molar-refractivity contribution in [2.24, 2.45) is 0 Å². The summed E-state index contributed by atoms with van der Waals surface area (Å²) in [6, 6.07) is 8.15. The fourth-order valence-corrected chi connectivity index (χ4v) is 1.46. The van der Waals surface area contributed by atoms with Gasteiger partial charge in [0, 0.05) is 19.2 Å². The molecule has 0 aliphatic carbocycles. The number of benzene rings is 1. The highest BCUT2D eigenvalue weighted by atomic mass is 16.4. The van der Waals surface area contributed by atoms with Gasteiger partial charge in [-0.1, -0.05) is 29.8 Å². The molecule has 0 bridgehead atoms. The molecule has 3 heteroatoms. The van der Waals surface area contributed by atoms with Crippen LogP contribution < -0.4 is 5.32 Å². The third-order valence-electron chi connectivity index (χ3n) is 2.35. The van der Waals surface area contributed by atoms with E-state index >= 15 is 0 Å². The second-order valence-corrected chi connectivity index (χ2v) is 3.86. The van der Waals surface area contributed by atoms with E-state index in [9.17, 15) is 4.79 Å². The van der Waals surface area contributed by atoms with Crippen LogP contribution in [-0.2, 0) is 11.3 Å². The quantitative estimate of drug-likeness (QED) is 0.746. The van der Waals surface area contributed by atoms with Crippen molar-refractivity contribution in [2.75, 3.05) is 6.54 Å². The van der Waals surface area contributed by atoms with Gasteiger partial charge in [-0.05, 0) is 25.0 Å². The Kier molecular flexibility index (Phi) is 4.73. The molecule has 0 aliphatic heterocycles. The van der Waals surface area contributed by atoms with Crippen LogP contribution in [0, 0.1) is 6.92 Å². The Morgan fingerprint density at radius 2 is 2.12 bits per heavy atom. The van der Waals surface area contributed by atoms with Gasteiger partial charge in [-0.2, -0.15) is 0 Å². The van der Waals surface area contributed by atoms with Gasteiger partial charge in [0.15, 0.2) is 0 Å². The molecule has 0 aromatic heterocycles. The normalized spacial score (nSPS) is 11.5.